The molecule has 0 aliphatic heterocycles. The molecule has 0 amide bonds. The summed E-state index contributed by atoms with van der Waals surface area (Å²) < 4.78 is 23.1. The lowest BCUT2D eigenvalue weighted by molar-refractivity contribution is 0.605. The molecule has 0 fully saturated rings. The third kappa shape index (κ3) is 1.68. The molecule has 0 saturated carbocycles. The predicted molar refractivity (Wildman–Crippen MR) is 51.0 cm³/mol. The maximum atomic E-state index is 10.9. The van der Waals surface area contributed by atoms with Gasteiger partial charge in [0.05, 0.1) is 11.2 Å². The van der Waals surface area contributed by atoms with E-state index < -0.39 is 9.05 Å². The molecule has 2 aromatic heterocycles. The normalized spacial score (nSPS) is 12.1. The van der Waals surface area contributed by atoms with Crippen LogP contribution < -0.4 is 0 Å². The minimum absolute atomic E-state index is 0.242. The fourth-order valence-electron chi connectivity index (χ4n) is 0.951. The van der Waals surface area contributed by atoms with Crippen LogP contribution in [-0.2, 0) is 9.05 Å². The van der Waals surface area contributed by atoms with E-state index in [1.807, 2.05) is 0 Å². The molecule has 0 saturated heterocycles. The molecule has 5 nitrogen and oxygen atoms in total. The zero-order chi connectivity index (χ0) is 10.3. The zero-order valence-electron chi connectivity index (χ0n) is 6.55. The van der Waals surface area contributed by atoms with Gasteiger partial charge in [0.1, 0.15) is 0 Å². The Morgan fingerprint density at radius 1 is 1.43 bits per heavy atom. The Balaban J connectivity index is 2.75. The third-order valence-electron chi connectivity index (χ3n) is 1.51. The molecule has 0 bridgehead atoms. The van der Waals surface area contributed by atoms with Gasteiger partial charge in [-0.15, -0.1) is 0 Å². The molecule has 14 heavy (non-hydrogen) atoms. The van der Waals surface area contributed by atoms with Gasteiger partial charge in [0.2, 0.25) is 0 Å². The van der Waals surface area contributed by atoms with Crippen LogP contribution in [0.25, 0.3) is 5.65 Å². The van der Waals surface area contributed by atoms with Gasteiger partial charge < -0.3 is 0 Å². The van der Waals surface area contributed by atoms with Crippen molar-refractivity contribution in [1.29, 1.82) is 0 Å². The SMILES string of the molecule is O=S(=O)(Cl)c1cc2ncc(Cl)cn2n1. The van der Waals surface area contributed by atoms with Gasteiger partial charge >= 0.3 is 0 Å². The molecule has 0 unspecified atom stereocenters. The first-order valence-electron chi connectivity index (χ1n) is 3.42. The molecule has 74 valence electrons. The molecule has 0 aliphatic rings. The van der Waals surface area contributed by atoms with E-state index in [2.05, 4.69) is 10.1 Å². The molecule has 0 aromatic carbocycles. The van der Waals surface area contributed by atoms with E-state index >= 15 is 0 Å². The molecule has 8 heteroatoms. The van der Waals surface area contributed by atoms with E-state index in [1.54, 1.807) is 0 Å². The Morgan fingerprint density at radius 2 is 2.14 bits per heavy atom. The molecular formula is C6H3Cl2N3O2S. The Bertz CT molecular complexity index is 592. The monoisotopic (exact) mass is 251 g/mol. The van der Waals surface area contributed by atoms with Gasteiger partial charge in [-0.1, -0.05) is 11.6 Å². The van der Waals surface area contributed by atoms with E-state index in [9.17, 15) is 8.42 Å². The summed E-state index contributed by atoms with van der Waals surface area (Å²) >= 11 is 5.64. The highest BCUT2D eigenvalue weighted by molar-refractivity contribution is 8.13. The lowest BCUT2D eigenvalue weighted by Crippen LogP contribution is -1.93. The first kappa shape index (κ1) is 9.70. The van der Waals surface area contributed by atoms with Crippen molar-refractivity contribution in [2.45, 2.75) is 5.03 Å². The van der Waals surface area contributed by atoms with Crippen LogP contribution in [0.15, 0.2) is 23.5 Å². The molecule has 2 aromatic rings. The van der Waals surface area contributed by atoms with Gasteiger partial charge in [0, 0.05) is 22.9 Å². The van der Waals surface area contributed by atoms with Crippen LogP contribution in [0.3, 0.4) is 0 Å². The Labute approximate surface area is 88.7 Å². The summed E-state index contributed by atoms with van der Waals surface area (Å²) in [6.07, 6.45) is 2.83. The Morgan fingerprint density at radius 3 is 2.79 bits per heavy atom. The quantitative estimate of drug-likeness (QED) is 0.718. The average molecular weight is 252 g/mol. The largest absolute Gasteiger partial charge is 0.280 e. The van der Waals surface area contributed by atoms with Gasteiger partial charge in [-0.2, -0.15) is 5.10 Å². The average Bonchev–Trinajstić information content (AvgIpc) is 2.45. The molecule has 0 N–H and O–H groups in total. The third-order valence-corrected chi connectivity index (χ3v) is 2.88. The van der Waals surface area contributed by atoms with Crippen molar-refractivity contribution in [2.75, 3.05) is 0 Å². The van der Waals surface area contributed by atoms with Crippen LogP contribution in [0.5, 0.6) is 0 Å². The summed E-state index contributed by atoms with van der Waals surface area (Å²) in [7, 11) is 1.29. The summed E-state index contributed by atoms with van der Waals surface area (Å²) in [5.41, 5.74) is 0.369. The maximum absolute atomic E-state index is 10.9. The molecule has 0 aliphatic carbocycles. The first-order chi connectivity index (χ1) is 6.47. The number of fused-ring (bicyclic) bond motifs is 1. The van der Waals surface area contributed by atoms with Gasteiger partial charge in [0.15, 0.2) is 10.7 Å². The lowest BCUT2D eigenvalue weighted by Gasteiger charge is -1.90. The van der Waals surface area contributed by atoms with Crippen molar-refractivity contribution >= 4 is 37.0 Å². The fraction of sp³-hybridized carbons (Fsp3) is 0. The minimum atomic E-state index is -3.82. The summed E-state index contributed by atoms with van der Waals surface area (Å²) in [6, 6.07) is 1.26. The summed E-state index contributed by atoms with van der Waals surface area (Å²) in [6.45, 7) is 0. The van der Waals surface area contributed by atoms with E-state index in [0.29, 0.717) is 10.7 Å². The van der Waals surface area contributed by atoms with Crippen molar-refractivity contribution in [2.24, 2.45) is 0 Å². The molecule has 2 rings (SSSR count). The number of aromatic nitrogens is 3. The molecule has 0 spiro atoms. The van der Waals surface area contributed by atoms with E-state index in [0.717, 1.165) is 0 Å². The summed E-state index contributed by atoms with van der Waals surface area (Å²) in [4.78, 5) is 3.86. The van der Waals surface area contributed by atoms with Crippen LogP contribution in [0.1, 0.15) is 0 Å². The van der Waals surface area contributed by atoms with Crippen LogP contribution in [0.2, 0.25) is 5.02 Å². The standard InChI is InChI=1S/C6H3Cl2N3O2S/c7-4-2-9-5-1-6(14(8,12)13)10-11(5)3-4/h1-3H. The minimum Gasteiger partial charge on any atom is -0.235 e. The second-order valence-electron chi connectivity index (χ2n) is 2.50. The fourth-order valence-corrected chi connectivity index (χ4v) is 1.75. The van der Waals surface area contributed by atoms with Crippen molar-refractivity contribution in [1.82, 2.24) is 14.6 Å². The summed E-state index contributed by atoms with van der Waals surface area (Å²) in [5.74, 6) is 0. The van der Waals surface area contributed by atoms with Gasteiger partial charge in [-0.25, -0.2) is 17.9 Å². The topological polar surface area (TPSA) is 64.3 Å². The highest BCUT2D eigenvalue weighted by Gasteiger charge is 2.15. The van der Waals surface area contributed by atoms with Crippen molar-refractivity contribution in [3.8, 4) is 0 Å². The van der Waals surface area contributed by atoms with Gasteiger partial charge in [-0.05, 0) is 0 Å². The van der Waals surface area contributed by atoms with Crippen LogP contribution in [0, 0.1) is 0 Å². The number of halogens is 2. The molecule has 2 heterocycles. The lowest BCUT2D eigenvalue weighted by atomic mass is 10.6. The van der Waals surface area contributed by atoms with E-state index in [-0.39, 0.29) is 5.03 Å². The van der Waals surface area contributed by atoms with Crippen molar-refractivity contribution < 1.29 is 8.42 Å². The number of hydrogen-bond donors (Lipinski definition) is 0. The van der Waals surface area contributed by atoms with E-state index in [1.165, 1.54) is 23.0 Å². The Kier molecular flexibility index (Phi) is 2.13. The zero-order valence-corrected chi connectivity index (χ0v) is 8.88. The second-order valence-corrected chi connectivity index (χ2v) is 5.44. The van der Waals surface area contributed by atoms with Crippen molar-refractivity contribution in [3.05, 3.63) is 23.5 Å². The predicted octanol–water partition coefficient (Wildman–Crippen LogP) is 1.31. The van der Waals surface area contributed by atoms with E-state index in [4.69, 9.17) is 22.3 Å². The Hall–Kier alpha value is -0.850. The number of hydrogen-bond acceptors (Lipinski definition) is 4. The van der Waals surface area contributed by atoms with Gasteiger partial charge in [-0.3, -0.25) is 0 Å². The highest BCUT2D eigenvalue weighted by atomic mass is 35.7. The van der Waals surface area contributed by atoms with Crippen LogP contribution >= 0.6 is 22.3 Å². The molecular weight excluding hydrogens is 249 g/mol. The highest BCUT2D eigenvalue weighted by Crippen LogP contribution is 2.15. The smallest absolute Gasteiger partial charge is 0.235 e. The van der Waals surface area contributed by atoms with Crippen molar-refractivity contribution in [3.63, 3.8) is 0 Å². The van der Waals surface area contributed by atoms with Crippen LogP contribution in [0.4, 0.5) is 0 Å². The first-order valence-corrected chi connectivity index (χ1v) is 6.11. The molecule has 0 radical (unpaired) electrons. The molecule has 0 atom stereocenters. The maximum Gasteiger partial charge on any atom is 0.280 e. The number of nitrogens with zero attached hydrogens (tertiary/aromatic N) is 3. The van der Waals surface area contributed by atoms with Crippen LogP contribution in [-0.4, -0.2) is 23.0 Å². The number of rotatable bonds is 1. The van der Waals surface area contributed by atoms with Gasteiger partial charge in [0.25, 0.3) is 9.05 Å². The second kappa shape index (κ2) is 3.08. The summed E-state index contributed by atoms with van der Waals surface area (Å²) in [5, 5.41) is 3.81.